The lowest BCUT2D eigenvalue weighted by molar-refractivity contribution is 0.209. The first kappa shape index (κ1) is 14.6. The van der Waals surface area contributed by atoms with Crippen molar-refractivity contribution in [3.63, 3.8) is 0 Å². The van der Waals surface area contributed by atoms with Gasteiger partial charge in [0.25, 0.3) is 0 Å². The number of rotatable bonds is 4. The fourth-order valence-corrected chi connectivity index (χ4v) is 2.72. The van der Waals surface area contributed by atoms with Crippen LogP contribution in [0.5, 0.6) is 0 Å². The van der Waals surface area contributed by atoms with Crippen molar-refractivity contribution < 1.29 is 4.79 Å². The van der Waals surface area contributed by atoms with E-state index < -0.39 is 0 Å². The molecular formula is C18H21N3O. The number of carbonyl (C=O) groups is 1. The van der Waals surface area contributed by atoms with Crippen LogP contribution in [0.2, 0.25) is 0 Å². The topological polar surface area (TPSA) is 45.2 Å². The number of likely N-dealkylation sites (tertiary alicyclic amines) is 1. The second kappa shape index (κ2) is 7.07. The highest BCUT2D eigenvalue weighted by molar-refractivity contribution is 5.74. The molecule has 1 aromatic heterocycles. The average molecular weight is 295 g/mol. The molecule has 0 bridgehead atoms. The van der Waals surface area contributed by atoms with Crippen molar-refractivity contribution in [2.75, 3.05) is 19.6 Å². The zero-order chi connectivity index (χ0) is 15.2. The van der Waals surface area contributed by atoms with Gasteiger partial charge in [-0.15, -0.1) is 0 Å². The van der Waals surface area contributed by atoms with Gasteiger partial charge in [-0.2, -0.15) is 0 Å². The minimum Gasteiger partial charge on any atom is -0.338 e. The lowest BCUT2D eigenvalue weighted by atomic mass is 10.1. The third-order valence-corrected chi connectivity index (χ3v) is 3.93. The predicted molar refractivity (Wildman–Crippen MR) is 87.6 cm³/mol. The highest BCUT2D eigenvalue weighted by atomic mass is 16.2. The van der Waals surface area contributed by atoms with E-state index in [2.05, 4.69) is 22.4 Å². The van der Waals surface area contributed by atoms with Crippen LogP contribution in [0.15, 0.2) is 48.5 Å². The number of urea groups is 1. The molecule has 0 spiro atoms. The molecule has 1 N–H and O–H groups in total. The van der Waals surface area contributed by atoms with Crippen LogP contribution < -0.4 is 5.32 Å². The van der Waals surface area contributed by atoms with E-state index in [0.29, 0.717) is 6.54 Å². The van der Waals surface area contributed by atoms with Crippen molar-refractivity contribution in [2.45, 2.75) is 19.3 Å². The second-order valence-electron chi connectivity index (χ2n) is 5.56. The Balaban J connectivity index is 1.56. The lowest BCUT2D eigenvalue weighted by Gasteiger charge is -2.16. The Labute approximate surface area is 131 Å². The molecule has 0 atom stereocenters. The van der Waals surface area contributed by atoms with Crippen LogP contribution in [0.1, 0.15) is 18.5 Å². The number of aromatic nitrogens is 1. The molecule has 3 rings (SSSR count). The largest absolute Gasteiger partial charge is 0.338 e. The third-order valence-electron chi connectivity index (χ3n) is 3.93. The number of hydrogen-bond donors (Lipinski definition) is 1. The van der Waals surface area contributed by atoms with Gasteiger partial charge >= 0.3 is 6.03 Å². The van der Waals surface area contributed by atoms with E-state index in [4.69, 9.17) is 0 Å². The Hall–Kier alpha value is -2.36. The maximum Gasteiger partial charge on any atom is 0.317 e. The maximum atomic E-state index is 11.9. The Morgan fingerprint density at radius 2 is 1.82 bits per heavy atom. The van der Waals surface area contributed by atoms with Gasteiger partial charge in [-0.05, 0) is 25.0 Å². The summed E-state index contributed by atoms with van der Waals surface area (Å²) in [5.74, 6) is 0. The highest BCUT2D eigenvalue weighted by Gasteiger charge is 2.16. The summed E-state index contributed by atoms with van der Waals surface area (Å²) in [5.41, 5.74) is 3.09. The first-order valence-electron chi connectivity index (χ1n) is 7.87. The molecule has 2 aromatic rings. The van der Waals surface area contributed by atoms with Gasteiger partial charge in [0.05, 0.1) is 5.69 Å². The third kappa shape index (κ3) is 3.64. The monoisotopic (exact) mass is 295 g/mol. The molecule has 1 aliphatic rings. The zero-order valence-electron chi connectivity index (χ0n) is 12.7. The molecule has 0 saturated carbocycles. The van der Waals surface area contributed by atoms with Gasteiger partial charge in [0.15, 0.2) is 0 Å². The summed E-state index contributed by atoms with van der Waals surface area (Å²) in [5, 5.41) is 2.98. The number of benzene rings is 1. The number of pyridine rings is 1. The van der Waals surface area contributed by atoms with E-state index >= 15 is 0 Å². The van der Waals surface area contributed by atoms with Crippen molar-refractivity contribution in [1.29, 1.82) is 0 Å². The molecule has 2 heterocycles. The van der Waals surface area contributed by atoms with Crippen LogP contribution in [0.4, 0.5) is 4.79 Å². The van der Waals surface area contributed by atoms with Crippen molar-refractivity contribution in [3.05, 3.63) is 54.2 Å². The Kier molecular flexibility index (Phi) is 4.68. The van der Waals surface area contributed by atoms with E-state index in [9.17, 15) is 4.79 Å². The number of hydrogen-bond acceptors (Lipinski definition) is 2. The van der Waals surface area contributed by atoms with Gasteiger partial charge in [-0.25, -0.2) is 4.79 Å². The van der Waals surface area contributed by atoms with Crippen LogP contribution in [0.25, 0.3) is 11.3 Å². The Morgan fingerprint density at radius 3 is 2.59 bits per heavy atom. The zero-order valence-corrected chi connectivity index (χ0v) is 12.7. The second-order valence-corrected chi connectivity index (χ2v) is 5.56. The lowest BCUT2D eigenvalue weighted by Crippen LogP contribution is -2.38. The molecule has 1 aromatic carbocycles. The van der Waals surface area contributed by atoms with Crippen LogP contribution in [-0.4, -0.2) is 35.5 Å². The number of nitrogens with zero attached hydrogens (tertiary/aromatic N) is 2. The molecule has 0 aliphatic carbocycles. The summed E-state index contributed by atoms with van der Waals surface area (Å²) in [6.07, 6.45) is 2.99. The van der Waals surface area contributed by atoms with E-state index in [-0.39, 0.29) is 6.03 Å². The molecule has 114 valence electrons. The van der Waals surface area contributed by atoms with E-state index in [0.717, 1.165) is 49.3 Å². The molecule has 1 saturated heterocycles. The maximum absolute atomic E-state index is 11.9. The van der Waals surface area contributed by atoms with Gasteiger partial charge in [-0.1, -0.05) is 36.4 Å². The van der Waals surface area contributed by atoms with Crippen LogP contribution in [-0.2, 0) is 6.42 Å². The molecule has 1 aliphatic heterocycles. The molecule has 4 heteroatoms. The molecular weight excluding hydrogens is 274 g/mol. The molecule has 2 amide bonds. The van der Waals surface area contributed by atoms with Gasteiger partial charge in [0, 0.05) is 37.3 Å². The quantitative estimate of drug-likeness (QED) is 0.942. The van der Waals surface area contributed by atoms with Crippen molar-refractivity contribution >= 4 is 6.03 Å². The minimum absolute atomic E-state index is 0.0525. The standard InChI is InChI=1S/C18H21N3O/c22-18(21-13-4-5-14-21)19-12-11-16-9-6-10-17(20-16)15-7-2-1-3-8-15/h1-3,6-10H,4-5,11-14H2,(H,19,22). The Morgan fingerprint density at radius 1 is 1.05 bits per heavy atom. The molecule has 1 fully saturated rings. The smallest absolute Gasteiger partial charge is 0.317 e. The van der Waals surface area contributed by atoms with E-state index in [1.165, 1.54) is 0 Å². The summed E-state index contributed by atoms with van der Waals surface area (Å²) in [6.45, 7) is 2.39. The highest BCUT2D eigenvalue weighted by Crippen LogP contribution is 2.16. The van der Waals surface area contributed by atoms with Gasteiger partial charge in [-0.3, -0.25) is 4.98 Å². The fraction of sp³-hybridized carbons (Fsp3) is 0.333. The SMILES string of the molecule is O=C(NCCc1cccc(-c2ccccc2)n1)N1CCCC1. The molecule has 0 unspecified atom stereocenters. The number of amides is 2. The number of carbonyl (C=O) groups excluding carboxylic acids is 1. The molecule has 4 nitrogen and oxygen atoms in total. The Bertz CT molecular complexity index is 621. The predicted octanol–water partition coefficient (Wildman–Crippen LogP) is 3.10. The summed E-state index contributed by atoms with van der Waals surface area (Å²) < 4.78 is 0. The average Bonchev–Trinajstić information content (AvgIpc) is 3.10. The van der Waals surface area contributed by atoms with E-state index in [1.807, 2.05) is 41.3 Å². The first-order chi connectivity index (χ1) is 10.8. The van der Waals surface area contributed by atoms with Gasteiger partial charge in [0.1, 0.15) is 0 Å². The van der Waals surface area contributed by atoms with Crippen LogP contribution >= 0.6 is 0 Å². The molecule has 0 radical (unpaired) electrons. The van der Waals surface area contributed by atoms with Crippen molar-refractivity contribution in [3.8, 4) is 11.3 Å². The summed E-state index contributed by atoms with van der Waals surface area (Å²) in [6, 6.07) is 16.2. The minimum atomic E-state index is 0.0525. The molecule has 22 heavy (non-hydrogen) atoms. The van der Waals surface area contributed by atoms with Crippen LogP contribution in [0, 0.1) is 0 Å². The number of nitrogens with one attached hydrogen (secondary N) is 1. The summed E-state index contributed by atoms with van der Waals surface area (Å²) >= 11 is 0. The van der Waals surface area contributed by atoms with Crippen molar-refractivity contribution in [2.24, 2.45) is 0 Å². The normalized spacial score (nSPS) is 14.1. The van der Waals surface area contributed by atoms with Crippen molar-refractivity contribution in [1.82, 2.24) is 15.2 Å². The van der Waals surface area contributed by atoms with Gasteiger partial charge in [0.2, 0.25) is 0 Å². The summed E-state index contributed by atoms with van der Waals surface area (Å²) in [4.78, 5) is 18.5. The summed E-state index contributed by atoms with van der Waals surface area (Å²) in [7, 11) is 0. The van der Waals surface area contributed by atoms with Crippen LogP contribution in [0.3, 0.4) is 0 Å². The van der Waals surface area contributed by atoms with E-state index in [1.54, 1.807) is 0 Å². The first-order valence-corrected chi connectivity index (χ1v) is 7.87. The van der Waals surface area contributed by atoms with Gasteiger partial charge < -0.3 is 10.2 Å². The fourth-order valence-electron chi connectivity index (χ4n) is 2.72.